The van der Waals surface area contributed by atoms with Gasteiger partial charge in [-0.2, -0.15) is 0 Å². The molecular formula is C61H118N2O6P+. The van der Waals surface area contributed by atoms with Crippen LogP contribution in [0, 0.1) is 0 Å². The molecule has 0 aromatic rings. The summed E-state index contributed by atoms with van der Waals surface area (Å²) in [6, 6.07) is -0.861. The summed E-state index contributed by atoms with van der Waals surface area (Å²) in [4.78, 5) is 23.2. The van der Waals surface area contributed by atoms with Gasteiger partial charge < -0.3 is 19.8 Å². The van der Waals surface area contributed by atoms with E-state index < -0.39 is 20.0 Å². The highest BCUT2D eigenvalue weighted by molar-refractivity contribution is 7.47. The van der Waals surface area contributed by atoms with Gasteiger partial charge in [0.2, 0.25) is 5.91 Å². The number of carbonyl (C=O) groups is 1. The highest BCUT2D eigenvalue weighted by Gasteiger charge is 2.27. The Kier molecular flexibility index (Phi) is 51.2. The molecule has 3 unspecified atom stereocenters. The molecule has 0 bridgehead atoms. The molecule has 8 nitrogen and oxygen atoms in total. The first-order chi connectivity index (χ1) is 34.0. The summed E-state index contributed by atoms with van der Waals surface area (Å²) in [7, 11) is 1.56. The highest BCUT2D eigenvalue weighted by atomic mass is 31.2. The van der Waals surface area contributed by atoms with E-state index >= 15 is 0 Å². The average molecular weight is 1010 g/mol. The predicted molar refractivity (Wildman–Crippen MR) is 304 cm³/mol. The molecule has 412 valence electrons. The van der Waals surface area contributed by atoms with Gasteiger partial charge in [0.1, 0.15) is 13.2 Å². The van der Waals surface area contributed by atoms with Crippen molar-refractivity contribution in [3.8, 4) is 0 Å². The number of nitrogens with one attached hydrogen (secondary N) is 1. The van der Waals surface area contributed by atoms with Crippen LogP contribution in [-0.2, 0) is 18.4 Å². The Morgan fingerprint density at radius 1 is 0.486 bits per heavy atom. The molecule has 0 aromatic carbocycles. The molecule has 0 saturated heterocycles. The summed E-state index contributed by atoms with van der Waals surface area (Å²) in [6.45, 7) is 4.76. The van der Waals surface area contributed by atoms with Gasteiger partial charge in [-0.25, -0.2) is 4.57 Å². The quantitative estimate of drug-likeness (QED) is 0.0243. The SMILES string of the molecule is CCCCC/C=C/CC/C=C/C(O)C(COP(=O)(O)OCC[N+](C)(C)C)NC(=O)CCCCCCCCCCCCCCCCCCC/C=C\C/C=C\CCCCCCCCCCCCCCCCC. The molecule has 0 aromatic heterocycles. The third-order valence-electron chi connectivity index (χ3n) is 13.5. The van der Waals surface area contributed by atoms with E-state index in [-0.39, 0.29) is 19.1 Å². The number of phosphoric ester groups is 1. The Morgan fingerprint density at radius 3 is 1.26 bits per heavy atom. The van der Waals surface area contributed by atoms with Gasteiger partial charge in [-0.05, 0) is 64.2 Å². The molecule has 0 rings (SSSR count). The number of unbranched alkanes of at least 4 members (excludes halogenated alkanes) is 36. The van der Waals surface area contributed by atoms with Gasteiger partial charge in [0.05, 0.1) is 39.9 Å². The van der Waals surface area contributed by atoms with Gasteiger partial charge in [0, 0.05) is 6.42 Å². The molecule has 0 fully saturated rings. The third-order valence-corrected chi connectivity index (χ3v) is 14.5. The second-order valence-electron chi connectivity index (χ2n) is 21.7. The molecule has 9 heteroatoms. The first-order valence-corrected chi connectivity index (χ1v) is 31.5. The van der Waals surface area contributed by atoms with Crippen LogP contribution in [0.2, 0.25) is 0 Å². The molecule has 0 aliphatic heterocycles. The van der Waals surface area contributed by atoms with Gasteiger partial charge in [0.15, 0.2) is 0 Å². The van der Waals surface area contributed by atoms with Crippen molar-refractivity contribution in [1.82, 2.24) is 5.32 Å². The van der Waals surface area contributed by atoms with Crippen LogP contribution < -0.4 is 5.32 Å². The molecule has 0 spiro atoms. The zero-order valence-electron chi connectivity index (χ0n) is 47.0. The number of phosphoric acid groups is 1. The Morgan fingerprint density at radius 2 is 0.829 bits per heavy atom. The number of likely N-dealkylation sites (N-methyl/N-ethyl adjacent to an activating group) is 1. The number of rotatable bonds is 55. The van der Waals surface area contributed by atoms with E-state index in [1.807, 2.05) is 27.2 Å². The van der Waals surface area contributed by atoms with Crippen molar-refractivity contribution >= 4 is 13.7 Å². The smallest absolute Gasteiger partial charge is 0.387 e. The third kappa shape index (κ3) is 54.2. The van der Waals surface area contributed by atoms with E-state index in [4.69, 9.17) is 9.05 Å². The van der Waals surface area contributed by atoms with E-state index in [1.54, 1.807) is 6.08 Å². The van der Waals surface area contributed by atoms with Crippen LogP contribution in [0.1, 0.15) is 284 Å². The molecule has 0 aliphatic rings. The molecular weight excluding hydrogens is 888 g/mol. The van der Waals surface area contributed by atoms with Crippen LogP contribution in [0.25, 0.3) is 0 Å². The van der Waals surface area contributed by atoms with Crippen molar-refractivity contribution in [2.24, 2.45) is 0 Å². The lowest BCUT2D eigenvalue weighted by Gasteiger charge is -2.25. The number of allylic oxidation sites excluding steroid dienone is 7. The van der Waals surface area contributed by atoms with Gasteiger partial charge in [0.25, 0.3) is 0 Å². The summed E-state index contributed by atoms with van der Waals surface area (Å²) < 4.78 is 23.5. The largest absolute Gasteiger partial charge is 0.472 e. The molecule has 0 saturated carbocycles. The molecule has 1 amide bonds. The van der Waals surface area contributed by atoms with Gasteiger partial charge >= 0.3 is 7.82 Å². The maximum absolute atomic E-state index is 12.9. The summed E-state index contributed by atoms with van der Waals surface area (Å²) >= 11 is 0. The van der Waals surface area contributed by atoms with E-state index in [0.29, 0.717) is 17.4 Å². The van der Waals surface area contributed by atoms with E-state index in [0.717, 1.165) is 44.9 Å². The normalized spacial score (nSPS) is 14.2. The van der Waals surface area contributed by atoms with Crippen molar-refractivity contribution in [2.75, 3.05) is 40.9 Å². The molecule has 3 atom stereocenters. The topological polar surface area (TPSA) is 105 Å². The average Bonchev–Trinajstić information content (AvgIpc) is 3.32. The highest BCUT2D eigenvalue weighted by Crippen LogP contribution is 2.43. The van der Waals surface area contributed by atoms with Crippen LogP contribution >= 0.6 is 7.82 Å². The van der Waals surface area contributed by atoms with E-state index in [1.165, 1.54) is 218 Å². The Hall–Kier alpha value is -1.54. The Balaban J connectivity index is 3.83. The Labute approximate surface area is 435 Å². The first kappa shape index (κ1) is 68.5. The fourth-order valence-electron chi connectivity index (χ4n) is 8.80. The maximum Gasteiger partial charge on any atom is 0.472 e. The van der Waals surface area contributed by atoms with Crippen molar-refractivity contribution in [3.63, 3.8) is 0 Å². The van der Waals surface area contributed by atoms with E-state index in [9.17, 15) is 19.4 Å². The van der Waals surface area contributed by atoms with Crippen LogP contribution in [0.4, 0.5) is 0 Å². The van der Waals surface area contributed by atoms with Crippen molar-refractivity contribution in [1.29, 1.82) is 0 Å². The van der Waals surface area contributed by atoms with Crippen molar-refractivity contribution < 1.29 is 32.9 Å². The Bertz CT molecular complexity index is 1280. The molecule has 0 aliphatic carbocycles. The minimum absolute atomic E-state index is 0.0558. The zero-order chi connectivity index (χ0) is 51.3. The number of hydrogen-bond acceptors (Lipinski definition) is 5. The lowest BCUT2D eigenvalue weighted by molar-refractivity contribution is -0.870. The minimum Gasteiger partial charge on any atom is -0.387 e. The maximum atomic E-state index is 12.9. The van der Waals surface area contributed by atoms with Crippen LogP contribution in [0.3, 0.4) is 0 Å². The summed E-state index contributed by atoms with van der Waals surface area (Å²) in [6.07, 6.45) is 69.9. The second kappa shape index (κ2) is 52.3. The van der Waals surface area contributed by atoms with Gasteiger partial charge in [-0.3, -0.25) is 13.8 Å². The van der Waals surface area contributed by atoms with Gasteiger partial charge in [-0.15, -0.1) is 0 Å². The number of aliphatic hydroxyl groups is 1. The summed E-state index contributed by atoms with van der Waals surface area (Å²) in [5.74, 6) is -0.188. The summed E-state index contributed by atoms with van der Waals surface area (Å²) in [5, 5.41) is 13.8. The number of nitrogens with zero attached hydrogens (tertiary/aromatic N) is 1. The van der Waals surface area contributed by atoms with Crippen LogP contribution in [0.5, 0.6) is 0 Å². The lowest BCUT2D eigenvalue weighted by atomic mass is 10.0. The standard InChI is InChI=1S/C61H117N2O6P/c1-6-8-10-12-14-16-17-18-19-20-21-22-23-24-25-26-27-28-29-30-31-32-33-34-35-36-37-38-39-40-41-42-43-44-45-47-49-51-53-55-61(65)62-59(58-69-70(66,67)68-57-56-63(3,4)5)60(64)54-52-50-48-46-15-13-11-9-7-2/h15,27-28,30-31,46,52,54,59-60,64H,6-14,16-26,29,32-45,47-51,53,55-58H2,1-5H3,(H-,62,65,66,67)/p+1/b28-27-,31-30-,46-15+,54-52+. The second-order valence-corrected chi connectivity index (χ2v) is 23.2. The van der Waals surface area contributed by atoms with Crippen LogP contribution in [0.15, 0.2) is 48.6 Å². The van der Waals surface area contributed by atoms with Gasteiger partial charge in [-0.1, -0.05) is 262 Å². The zero-order valence-corrected chi connectivity index (χ0v) is 47.9. The number of hydrogen-bond donors (Lipinski definition) is 3. The fourth-order valence-corrected chi connectivity index (χ4v) is 9.53. The summed E-state index contributed by atoms with van der Waals surface area (Å²) in [5.41, 5.74) is 0. The van der Waals surface area contributed by atoms with Crippen molar-refractivity contribution in [2.45, 2.75) is 296 Å². The molecule has 0 radical (unpaired) electrons. The number of aliphatic hydroxyl groups excluding tert-OH is 1. The molecule has 3 N–H and O–H groups in total. The molecule has 70 heavy (non-hydrogen) atoms. The first-order valence-electron chi connectivity index (χ1n) is 30.0. The van der Waals surface area contributed by atoms with E-state index in [2.05, 4.69) is 55.6 Å². The lowest BCUT2D eigenvalue weighted by Crippen LogP contribution is -2.45. The van der Waals surface area contributed by atoms with Crippen LogP contribution in [-0.4, -0.2) is 73.4 Å². The number of quaternary nitrogens is 1. The number of amides is 1. The fraction of sp³-hybridized carbons (Fsp3) is 0.852. The monoisotopic (exact) mass is 1010 g/mol. The predicted octanol–water partition coefficient (Wildman–Crippen LogP) is 18.3. The number of carbonyl (C=O) groups excluding carboxylic acids is 1. The molecule has 0 heterocycles. The minimum atomic E-state index is -4.34. The van der Waals surface area contributed by atoms with Crippen molar-refractivity contribution in [3.05, 3.63) is 48.6 Å².